The number of rotatable bonds is 7. The van der Waals surface area contributed by atoms with Crippen LogP contribution >= 0.6 is 0 Å². The predicted octanol–water partition coefficient (Wildman–Crippen LogP) is 5.62. The van der Waals surface area contributed by atoms with Crippen LogP contribution in [0.2, 0.25) is 0 Å². The van der Waals surface area contributed by atoms with E-state index in [0.29, 0.717) is 24.4 Å². The van der Waals surface area contributed by atoms with Crippen LogP contribution in [0.15, 0.2) is 48.7 Å². The van der Waals surface area contributed by atoms with E-state index in [1.165, 1.54) is 13.2 Å². The zero-order valence-electron chi connectivity index (χ0n) is 19.6. The second kappa shape index (κ2) is 9.64. The number of fused-ring (bicyclic) bond motifs is 1. The molecule has 0 atom stereocenters. The third kappa shape index (κ3) is 5.80. The molecule has 2 heterocycles. The second-order valence-electron chi connectivity index (χ2n) is 9.77. The lowest BCUT2D eigenvalue weighted by Crippen LogP contribution is -2.41. The predicted molar refractivity (Wildman–Crippen MR) is 127 cm³/mol. The molecule has 1 aromatic heterocycles. The van der Waals surface area contributed by atoms with Crippen molar-refractivity contribution in [1.29, 1.82) is 0 Å². The molecule has 1 aliphatic heterocycles. The molecule has 3 aromatic rings. The number of alkyl halides is 1. The summed E-state index contributed by atoms with van der Waals surface area (Å²) < 4.78 is 35.0. The zero-order valence-corrected chi connectivity index (χ0v) is 19.6. The number of likely N-dealkylation sites (tertiary alicyclic amines) is 1. The summed E-state index contributed by atoms with van der Waals surface area (Å²) in [7, 11) is 1.37. The van der Waals surface area contributed by atoms with Crippen LogP contribution < -0.4 is 0 Å². The van der Waals surface area contributed by atoms with Crippen LogP contribution in [0.25, 0.3) is 10.9 Å². The van der Waals surface area contributed by atoms with E-state index < -0.39 is 5.67 Å². The summed E-state index contributed by atoms with van der Waals surface area (Å²) in [5.41, 5.74) is 2.46. The molecule has 0 amide bonds. The van der Waals surface area contributed by atoms with Gasteiger partial charge in [0.1, 0.15) is 11.5 Å². The number of carbonyl (C=O) groups is 1. The number of methoxy groups -OCH3 is 1. The molecular weight excluding hydrogens is 422 g/mol. The first-order valence-electron chi connectivity index (χ1n) is 11.6. The molecule has 4 nitrogen and oxygen atoms in total. The minimum Gasteiger partial charge on any atom is -0.465 e. The Hall–Kier alpha value is -2.73. The van der Waals surface area contributed by atoms with Crippen LogP contribution in [0.3, 0.4) is 0 Å². The van der Waals surface area contributed by atoms with Crippen molar-refractivity contribution in [2.75, 3.05) is 26.7 Å². The molecule has 0 bridgehead atoms. The van der Waals surface area contributed by atoms with Crippen molar-refractivity contribution in [3.8, 4) is 0 Å². The van der Waals surface area contributed by atoms with Crippen LogP contribution in [0.5, 0.6) is 0 Å². The topological polar surface area (TPSA) is 34.5 Å². The highest BCUT2D eigenvalue weighted by Crippen LogP contribution is 2.28. The molecule has 4 rings (SSSR count). The average molecular weight is 455 g/mol. The van der Waals surface area contributed by atoms with E-state index in [0.717, 1.165) is 54.5 Å². The lowest BCUT2D eigenvalue weighted by molar-refractivity contribution is 0.0600. The van der Waals surface area contributed by atoms with Gasteiger partial charge in [-0.1, -0.05) is 12.1 Å². The molecule has 1 aliphatic rings. The number of carbonyl (C=O) groups excluding carboxylic acids is 1. The Morgan fingerprint density at radius 3 is 2.45 bits per heavy atom. The molecular formula is C27H32F2N2O2. The number of hydrogen-bond donors (Lipinski definition) is 0. The average Bonchev–Trinajstić information content (AvgIpc) is 3.10. The Labute approximate surface area is 194 Å². The van der Waals surface area contributed by atoms with Gasteiger partial charge in [0.25, 0.3) is 0 Å². The van der Waals surface area contributed by atoms with Gasteiger partial charge in [0.2, 0.25) is 0 Å². The highest BCUT2D eigenvalue weighted by Gasteiger charge is 2.25. The van der Waals surface area contributed by atoms with Crippen LogP contribution in [0.1, 0.15) is 48.2 Å². The fourth-order valence-corrected chi connectivity index (χ4v) is 4.87. The van der Waals surface area contributed by atoms with Crippen LogP contribution in [-0.4, -0.2) is 47.8 Å². The standard InChI is InChI=1S/C27H32F2N2O2/c1-27(2,29)18-30-12-10-20(11-13-30)16-31-17-22(24-9-8-23(28)15-25(24)31)14-19-4-6-21(7-5-19)26(32)33-3/h4-9,15,17,20H,10-14,16,18H2,1-3H3. The van der Waals surface area contributed by atoms with E-state index in [1.54, 1.807) is 32.0 Å². The van der Waals surface area contributed by atoms with Gasteiger partial charge >= 0.3 is 5.97 Å². The number of piperidine rings is 1. The molecule has 0 N–H and O–H groups in total. The Morgan fingerprint density at radius 1 is 1.12 bits per heavy atom. The first-order chi connectivity index (χ1) is 15.7. The maximum atomic E-state index is 14.1. The van der Waals surface area contributed by atoms with Gasteiger partial charge in [-0.15, -0.1) is 0 Å². The second-order valence-corrected chi connectivity index (χ2v) is 9.77. The fraction of sp³-hybridized carbons (Fsp3) is 0.444. The van der Waals surface area contributed by atoms with Crippen molar-refractivity contribution in [3.63, 3.8) is 0 Å². The SMILES string of the molecule is COC(=O)c1ccc(Cc2cn(CC3CCN(CC(C)(C)F)CC3)c3cc(F)ccc23)cc1. The first kappa shape index (κ1) is 23.4. The van der Waals surface area contributed by atoms with Gasteiger partial charge in [0.05, 0.1) is 18.2 Å². The third-order valence-electron chi connectivity index (χ3n) is 6.46. The van der Waals surface area contributed by atoms with E-state index in [1.807, 2.05) is 18.2 Å². The van der Waals surface area contributed by atoms with Gasteiger partial charge in [-0.2, -0.15) is 0 Å². The number of hydrogen-bond acceptors (Lipinski definition) is 3. The Morgan fingerprint density at radius 2 is 1.82 bits per heavy atom. The van der Waals surface area contributed by atoms with E-state index >= 15 is 0 Å². The van der Waals surface area contributed by atoms with Crippen molar-refractivity contribution >= 4 is 16.9 Å². The molecule has 2 aromatic carbocycles. The number of ether oxygens (including phenoxy) is 1. The fourth-order valence-electron chi connectivity index (χ4n) is 4.87. The molecule has 0 aliphatic carbocycles. The van der Waals surface area contributed by atoms with Gasteiger partial charge in [0.15, 0.2) is 0 Å². The zero-order chi connectivity index (χ0) is 23.6. The van der Waals surface area contributed by atoms with Gasteiger partial charge < -0.3 is 14.2 Å². The molecule has 1 fully saturated rings. The van der Waals surface area contributed by atoms with Crippen LogP contribution in [0.4, 0.5) is 8.78 Å². The van der Waals surface area contributed by atoms with E-state index in [9.17, 15) is 13.6 Å². The van der Waals surface area contributed by atoms with Crippen molar-refractivity contribution in [2.45, 2.75) is 45.3 Å². The molecule has 0 unspecified atom stereocenters. The lowest BCUT2D eigenvalue weighted by Gasteiger charge is -2.34. The summed E-state index contributed by atoms with van der Waals surface area (Å²) in [6, 6.07) is 12.4. The number of esters is 1. The highest BCUT2D eigenvalue weighted by atomic mass is 19.1. The summed E-state index contributed by atoms with van der Waals surface area (Å²) in [6.07, 6.45) is 4.85. The van der Waals surface area contributed by atoms with E-state index in [-0.39, 0.29) is 11.8 Å². The van der Waals surface area contributed by atoms with Crippen molar-refractivity contribution in [2.24, 2.45) is 5.92 Å². The summed E-state index contributed by atoms with van der Waals surface area (Å²) in [5.74, 6) is -0.111. The van der Waals surface area contributed by atoms with E-state index in [4.69, 9.17) is 4.74 Å². The summed E-state index contributed by atoms with van der Waals surface area (Å²) in [5, 5.41) is 1.05. The molecule has 176 valence electrons. The van der Waals surface area contributed by atoms with Crippen LogP contribution in [0, 0.1) is 11.7 Å². The van der Waals surface area contributed by atoms with Gasteiger partial charge in [-0.05, 0) is 93.6 Å². The normalized spacial score (nSPS) is 15.8. The molecule has 0 radical (unpaired) electrons. The summed E-state index contributed by atoms with van der Waals surface area (Å²) in [6.45, 7) is 6.34. The maximum absolute atomic E-state index is 14.1. The molecule has 1 saturated heterocycles. The highest BCUT2D eigenvalue weighted by molar-refractivity contribution is 5.89. The van der Waals surface area contributed by atoms with Crippen molar-refractivity contribution in [3.05, 3.63) is 71.2 Å². The molecule has 33 heavy (non-hydrogen) atoms. The largest absolute Gasteiger partial charge is 0.465 e. The molecule has 0 saturated carbocycles. The number of nitrogens with zero attached hydrogens (tertiary/aromatic N) is 2. The Balaban J connectivity index is 1.50. The van der Waals surface area contributed by atoms with Crippen molar-refractivity contribution in [1.82, 2.24) is 9.47 Å². The van der Waals surface area contributed by atoms with Crippen LogP contribution in [-0.2, 0) is 17.7 Å². The minimum absolute atomic E-state index is 0.240. The third-order valence-corrected chi connectivity index (χ3v) is 6.46. The number of aromatic nitrogens is 1. The summed E-state index contributed by atoms with van der Waals surface area (Å²) in [4.78, 5) is 13.9. The smallest absolute Gasteiger partial charge is 0.337 e. The van der Waals surface area contributed by atoms with Gasteiger partial charge in [-0.3, -0.25) is 0 Å². The number of benzene rings is 2. The Kier molecular flexibility index (Phi) is 6.84. The van der Waals surface area contributed by atoms with E-state index in [2.05, 4.69) is 15.7 Å². The monoisotopic (exact) mass is 454 g/mol. The quantitative estimate of drug-likeness (QED) is 0.435. The van der Waals surface area contributed by atoms with Crippen molar-refractivity contribution < 1.29 is 18.3 Å². The minimum atomic E-state index is -1.18. The number of halogens is 2. The Bertz CT molecular complexity index is 1110. The van der Waals surface area contributed by atoms with Gasteiger partial charge in [-0.25, -0.2) is 13.6 Å². The van der Waals surface area contributed by atoms with Gasteiger partial charge in [0, 0.05) is 24.7 Å². The summed E-state index contributed by atoms with van der Waals surface area (Å²) >= 11 is 0. The molecule has 6 heteroatoms. The maximum Gasteiger partial charge on any atom is 0.337 e. The lowest BCUT2D eigenvalue weighted by atomic mass is 9.95. The first-order valence-corrected chi connectivity index (χ1v) is 11.6. The molecule has 0 spiro atoms.